The SMILES string of the molecule is Cn1cc(C(=O)N[C@H]2CCN(c3cccc(Cl)c3)C2)cn1. The highest BCUT2D eigenvalue weighted by atomic mass is 35.5. The number of anilines is 1. The van der Waals surface area contributed by atoms with Crippen molar-refractivity contribution in [1.82, 2.24) is 15.1 Å². The molecule has 0 radical (unpaired) electrons. The molecule has 0 spiro atoms. The Bertz CT molecular complexity index is 655. The van der Waals surface area contributed by atoms with Crippen LogP contribution in [0.3, 0.4) is 0 Å². The summed E-state index contributed by atoms with van der Waals surface area (Å²) in [5.41, 5.74) is 1.69. The smallest absolute Gasteiger partial charge is 0.254 e. The lowest BCUT2D eigenvalue weighted by atomic mass is 10.2. The number of rotatable bonds is 3. The third kappa shape index (κ3) is 3.19. The van der Waals surface area contributed by atoms with Crippen molar-refractivity contribution >= 4 is 23.2 Å². The molecule has 1 aromatic heterocycles. The van der Waals surface area contributed by atoms with Gasteiger partial charge in [0.1, 0.15) is 0 Å². The minimum Gasteiger partial charge on any atom is -0.369 e. The summed E-state index contributed by atoms with van der Waals surface area (Å²) in [7, 11) is 1.80. The molecule has 0 unspecified atom stereocenters. The fourth-order valence-corrected chi connectivity index (χ4v) is 2.78. The van der Waals surface area contributed by atoms with E-state index in [0.29, 0.717) is 5.56 Å². The van der Waals surface area contributed by atoms with Crippen molar-refractivity contribution in [3.8, 4) is 0 Å². The summed E-state index contributed by atoms with van der Waals surface area (Å²) < 4.78 is 1.63. The third-order valence-corrected chi connectivity index (χ3v) is 3.90. The van der Waals surface area contributed by atoms with Crippen LogP contribution in [0.5, 0.6) is 0 Å². The molecule has 1 N–H and O–H groups in total. The molecule has 6 heteroatoms. The number of carbonyl (C=O) groups excluding carboxylic acids is 1. The zero-order chi connectivity index (χ0) is 14.8. The van der Waals surface area contributed by atoms with Crippen LogP contribution >= 0.6 is 11.6 Å². The molecular weight excluding hydrogens is 288 g/mol. The Kier molecular flexibility index (Phi) is 3.84. The highest BCUT2D eigenvalue weighted by Gasteiger charge is 2.24. The number of nitrogens with one attached hydrogen (secondary N) is 1. The Morgan fingerprint density at radius 2 is 2.33 bits per heavy atom. The Morgan fingerprint density at radius 3 is 3.05 bits per heavy atom. The fourth-order valence-electron chi connectivity index (χ4n) is 2.59. The summed E-state index contributed by atoms with van der Waals surface area (Å²) in [4.78, 5) is 14.3. The van der Waals surface area contributed by atoms with Gasteiger partial charge in [0.2, 0.25) is 0 Å². The van der Waals surface area contributed by atoms with Gasteiger partial charge in [0, 0.05) is 43.1 Å². The number of hydrogen-bond acceptors (Lipinski definition) is 3. The number of carbonyl (C=O) groups is 1. The molecule has 3 rings (SSSR count). The second-order valence-electron chi connectivity index (χ2n) is 5.29. The van der Waals surface area contributed by atoms with Crippen LogP contribution < -0.4 is 10.2 Å². The molecule has 0 saturated carbocycles. The van der Waals surface area contributed by atoms with Crippen molar-refractivity contribution in [2.45, 2.75) is 12.5 Å². The second-order valence-corrected chi connectivity index (χ2v) is 5.72. The van der Waals surface area contributed by atoms with Crippen molar-refractivity contribution in [2.24, 2.45) is 7.05 Å². The number of amides is 1. The van der Waals surface area contributed by atoms with Crippen LogP contribution in [0.25, 0.3) is 0 Å². The predicted molar refractivity (Wildman–Crippen MR) is 82.7 cm³/mol. The first kappa shape index (κ1) is 13.9. The highest BCUT2D eigenvalue weighted by molar-refractivity contribution is 6.30. The number of nitrogens with zero attached hydrogens (tertiary/aromatic N) is 3. The Balaban J connectivity index is 1.61. The molecule has 1 atom stereocenters. The van der Waals surface area contributed by atoms with Crippen LogP contribution in [0.1, 0.15) is 16.8 Å². The van der Waals surface area contributed by atoms with E-state index in [1.54, 1.807) is 24.1 Å². The van der Waals surface area contributed by atoms with E-state index in [4.69, 9.17) is 11.6 Å². The van der Waals surface area contributed by atoms with Crippen LogP contribution in [0, 0.1) is 0 Å². The molecule has 21 heavy (non-hydrogen) atoms. The number of aryl methyl sites for hydroxylation is 1. The van der Waals surface area contributed by atoms with Crippen LogP contribution in [-0.2, 0) is 7.05 Å². The van der Waals surface area contributed by atoms with Crippen LogP contribution in [0.2, 0.25) is 5.02 Å². The topological polar surface area (TPSA) is 50.2 Å². The van der Waals surface area contributed by atoms with Gasteiger partial charge in [0.15, 0.2) is 0 Å². The maximum absolute atomic E-state index is 12.1. The van der Waals surface area contributed by atoms with E-state index in [2.05, 4.69) is 15.3 Å². The molecule has 1 aliphatic rings. The summed E-state index contributed by atoms with van der Waals surface area (Å²) in [5.74, 6) is -0.0685. The van der Waals surface area contributed by atoms with Crippen LogP contribution in [0.15, 0.2) is 36.7 Å². The second kappa shape index (κ2) is 5.77. The first-order chi connectivity index (χ1) is 10.1. The number of benzene rings is 1. The Hall–Kier alpha value is -2.01. The van der Waals surface area contributed by atoms with Gasteiger partial charge in [-0.2, -0.15) is 5.10 Å². The van der Waals surface area contributed by atoms with Crippen LogP contribution in [0.4, 0.5) is 5.69 Å². The van der Waals surface area contributed by atoms with Gasteiger partial charge >= 0.3 is 0 Å². The number of halogens is 1. The molecule has 110 valence electrons. The molecule has 0 bridgehead atoms. The van der Waals surface area contributed by atoms with E-state index in [1.807, 2.05) is 24.3 Å². The number of aromatic nitrogens is 2. The molecule has 1 amide bonds. The molecule has 2 heterocycles. The first-order valence-electron chi connectivity index (χ1n) is 6.92. The molecule has 5 nitrogen and oxygen atoms in total. The van der Waals surface area contributed by atoms with E-state index in [9.17, 15) is 4.79 Å². The fraction of sp³-hybridized carbons (Fsp3) is 0.333. The summed E-state index contributed by atoms with van der Waals surface area (Å²) in [6, 6.07) is 7.95. The van der Waals surface area contributed by atoms with E-state index >= 15 is 0 Å². The zero-order valence-corrected chi connectivity index (χ0v) is 12.5. The van der Waals surface area contributed by atoms with E-state index in [-0.39, 0.29) is 11.9 Å². The van der Waals surface area contributed by atoms with Gasteiger partial charge in [-0.15, -0.1) is 0 Å². The van der Waals surface area contributed by atoms with Gasteiger partial charge in [-0.25, -0.2) is 0 Å². The average Bonchev–Trinajstić information content (AvgIpc) is 3.08. The molecule has 1 aromatic carbocycles. The Labute approximate surface area is 128 Å². The van der Waals surface area contributed by atoms with E-state index < -0.39 is 0 Å². The van der Waals surface area contributed by atoms with Crippen molar-refractivity contribution in [3.63, 3.8) is 0 Å². The van der Waals surface area contributed by atoms with E-state index in [1.165, 1.54) is 0 Å². The van der Waals surface area contributed by atoms with Crippen molar-refractivity contribution in [3.05, 3.63) is 47.2 Å². The normalized spacial score (nSPS) is 18.0. The van der Waals surface area contributed by atoms with Crippen molar-refractivity contribution in [2.75, 3.05) is 18.0 Å². The largest absolute Gasteiger partial charge is 0.369 e. The third-order valence-electron chi connectivity index (χ3n) is 3.66. The lowest BCUT2D eigenvalue weighted by Crippen LogP contribution is -2.37. The monoisotopic (exact) mass is 304 g/mol. The quantitative estimate of drug-likeness (QED) is 0.944. The van der Waals surface area contributed by atoms with Gasteiger partial charge in [0.25, 0.3) is 5.91 Å². The average molecular weight is 305 g/mol. The summed E-state index contributed by atoms with van der Waals surface area (Å²) >= 11 is 6.02. The van der Waals surface area contributed by atoms with Gasteiger partial charge in [-0.3, -0.25) is 9.48 Å². The summed E-state index contributed by atoms with van der Waals surface area (Å²) in [6.07, 6.45) is 4.23. The molecule has 1 aliphatic heterocycles. The molecule has 1 saturated heterocycles. The van der Waals surface area contributed by atoms with Gasteiger partial charge in [-0.05, 0) is 24.6 Å². The zero-order valence-electron chi connectivity index (χ0n) is 11.8. The summed E-state index contributed by atoms with van der Waals surface area (Å²) in [6.45, 7) is 1.71. The lowest BCUT2D eigenvalue weighted by molar-refractivity contribution is 0.0940. The van der Waals surface area contributed by atoms with Gasteiger partial charge in [0.05, 0.1) is 11.8 Å². The number of hydrogen-bond donors (Lipinski definition) is 1. The maximum Gasteiger partial charge on any atom is 0.254 e. The van der Waals surface area contributed by atoms with E-state index in [0.717, 1.165) is 30.2 Å². The predicted octanol–water partition coefficient (Wildman–Crippen LogP) is 2.08. The molecular formula is C15H17ClN4O. The summed E-state index contributed by atoms with van der Waals surface area (Å²) in [5, 5.41) is 7.80. The molecule has 2 aromatic rings. The van der Waals surface area contributed by atoms with Crippen molar-refractivity contribution < 1.29 is 4.79 Å². The highest BCUT2D eigenvalue weighted by Crippen LogP contribution is 2.23. The minimum absolute atomic E-state index is 0.0685. The molecule has 0 aliphatic carbocycles. The van der Waals surface area contributed by atoms with Crippen molar-refractivity contribution in [1.29, 1.82) is 0 Å². The maximum atomic E-state index is 12.1. The Morgan fingerprint density at radius 1 is 1.48 bits per heavy atom. The molecule has 1 fully saturated rings. The minimum atomic E-state index is -0.0685. The standard InChI is InChI=1S/C15H17ClN4O/c1-19-9-11(8-17-19)15(21)18-13-5-6-20(10-13)14-4-2-3-12(16)7-14/h2-4,7-9,13H,5-6,10H2,1H3,(H,18,21)/t13-/m0/s1. The van der Waals surface area contributed by atoms with Crippen LogP contribution in [-0.4, -0.2) is 34.8 Å². The lowest BCUT2D eigenvalue weighted by Gasteiger charge is -2.19. The first-order valence-corrected chi connectivity index (χ1v) is 7.29. The van der Waals surface area contributed by atoms with Gasteiger partial charge in [-0.1, -0.05) is 17.7 Å². The van der Waals surface area contributed by atoms with Gasteiger partial charge < -0.3 is 10.2 Å².